The first-order valence-corrected chi connectivity index (χ1v) is 10.9. The number of nitrogens with one attached hydrogen (secondary N) is 3. The van der Waals surface area contributed by atoms with E-state index in [4.69, 9.17) is 0 Å². The zero-order valence-electron chi connectivity index (χ0n) is 16.3. The van der Waals surface area contributed by atoms with Crippen molar-refractivity contribution in [2.45, 2.75) is 76.4 Å². The summed E-state index contributed by atoms with van der Waals surface area (Å²) in [5, 5.41) is 6.71. The second kappa shape index (κ2) is 8.86. The molecule has 1 aromatic carbocycles. The van der Waals surface area contributed by atoms with Crippen molar-refractivity contribution in [3.63, 3.8) is 0 Å². The van der Waals surface area contributed by atoms with Crippen LogP contribution >= 0.6 is 0 Å². The van der Waals surface area contributed by atoms with Gasteiger partial charge < -0.3 is 10.6 Å². The summed E-state index contributed by atoms with van der Waals surface area (Å²) in [6.45, 7) is 8.60. The summed E-state index contributed by atoms with van der Waals surface area (Å²) < 4.78 is 28.2. The number of hydrogen-bond donors (Lipinski definition) is 3. The van der Waals surface area contributed by atoms with Crippen LogP contribution in [0.5, 0.6) is 0 Å². The SMILES string of the molecule is CCNC(=NCc1ccccc1S(=O)(=O)NC(C)(C)C)NC1CCCC1. The van der Waals surface area contributed by atoms with Crippen LogP contribution in [0, 0.1) is 0 Å². The minimum atomic E-state index is -3.59. The number of sulfonamides is 1. The molecule has 0 heterocycles. The summed E-state index contributed by atoms with van der Waals surface area (Å²) in [6.07, 6.45) is 4.81. The van der Waals surface area contributed by atoms with Crippen LogP contribution in [0.25, 0.3) is 0 Å². The fourth-order valence-corrected chi connectivity index (χ4v) is 4.75. The van der Waals surface area contributed by atoms with Crippen molar-refractivity contribution in [2.24, 2.45) is 4.99 Å². The largest absolute Gasteiger partial charge is 0.357 e. The average Bonchev–Trinajstić information content (AvgIpc) is 3.04. The number of hydrogen-bond acceptors (Lipinski definition) is 3. The van der Waals surface area contributed by atoms with Gasteiger partial charge in [0.15, 0.2) is 5.96 Å². The fraction of sp³-hybridized carbons (Fsp3) is 0.632. The maximum Gasteiger partial charge on any atom is 0.241 e. The van der Waals surface area contributed by atoms with E-state index in [2.05, 4.69) is 20.3 Å². The molecule has 0 atom stereocenters. The Morgan fingerprint density at radius 3 is 2.46 bits per heavy atom. The van der Waals surface area contributed by atoms with Gasteiger partial charge in [0.25, 0.3) is 0 Å². The first kappa shape index (κ1) is 20.7. The molecule has 0 bridgehead atoms. The lowest BCUT2D eigenvalue weighted by Gasteiger charge is -2.21. The number of benzene rings is 1. The van der Waals surface area contributed by atoms with E-state index >= 15 is 0 Å². The lowest BCUT2D eigenvalue weighted by Crippen LogP contribution is -2.42. The molecule has 146 valence electrons. The van der Waals surface area contributed by atoms with Gasteiger partial charge in [-0.25, -0.2) is 18.1 Å². The van der Waals surface area contributed by atoms with Crippen LogP contribution in [-0.2, 0) is 16.6 Å². The molecule has 0 spiro atoms. The predicted molar refractivity (Wildman–Crippen MR) is 107 cm³/mol. The molecule has 1 aromatic rings. The van der Waals surface area contributed by atoms with E-state index in [1.54, 1.807) is 12.1 Å². The normalized spacial score (nSPS) is 16.7. The molecule has 1 aliphatic carbocycles. The maximum absolute atomic E-state index is 12.7. The predicted octanol–water partition coefficient (Wildman–Crippen LogP) is 2.76. The standard InChI is InChI=1S/C19H32N4O2S/c1-5-20-18(22-16-11-7-8-12-16)21-14-15-10-6-9-13-17(15)26(24,25)23-19(2,3)4/h6,9-10,13,16,23H,5,7-8,11-12,14H2,1-4H3,(H2,20,21,22). The molecule has 0 radical (unpaired) electrons. The summed E-state index contributed by atoms with van der Waals surface area (Å²) in [5.74, 6) is 0.746. The topological polar surface area (TPSA) is 82.6 Å². The van der Waals surface area contributed by atoms with Gasteiger partial charge in [-0.3, -0.25) is 0 Å². The Hall–Kier alpha value is -1.60. The summed E-state index contributed by atoms with van der Waals surface area (Å²) in [7, 11) is -3.59. The van der Waals surface area contributed by atoms with Crippen LogP contribution in [0.1, 0.15) is 58.9 Å². The van der Waals surface area contributed by atoms with Gasteiger partial charge in [0, 0.05) is 18.1 Å². The Balaban J connectivity index is 2.20. The zero-order chi connectivity index (χ0) is 19.2. The number of aliphatic imine (C=N–C) groups is 1. The molecule has 0 saturated heterocycles. The lowest BCUT2D eigenvalue weighted by molar-refractivity contribution is 0.491. The van der Waals surface area contributed by atoms with Crippen LogP contribution in [0.3, 0.4) is 0 Å². The molecular formula is C19H32N4O2S. The van der Waals surface area contributed by atoms with Gasteiger partial charge in [0.2, 0.25) is 10.0 Å². The van der Waals surface area contributed by atoms with E-state index in [0.717, 1.165) is 25.3 Å². The minimum Gasteiger partial charge on any atom is -0.357 e. The van der Waals surface area contributed by atoms with Crippen molar-refractivity contribution in [3.05, 3.63) is 29.8 Å². The molecule has 7 heteroatoms. The third-order valence-corrected chi connectivity index (χ3v) is 6.01. The number of nitrogens with zero attached hydrogens (tertiary/aromatic N) is 1. The van der Waals surface area contributed by atoms with Crippen molar-refractivity contribution >= 4 is 16.0 Å². The Kier molecular flexibility index (Phi) is 7.06. The van der Waals surface area contributed by atoms with Gasteiger partial charge in [-0.2, -0.15) is 0 Å². The molecule has 1 saturated carbocycles. The van der Waals surface area contributed by atoms with E-state index in [9.17, 15) is 8.42 Å². The van der Waals surface area contributed by atoms with Crippen LogP contribution in [0.4, 0.5) is 0 Å². The molecule has 6 nitrogen and oxygen atoms in total. The number of rotatable bonds is 6. The molecule has 2 rings (SSSR count). The van der Waals surface area contributed by atoms with Crippen LogP contribution in [0.15, 0.2) is 34.2 Å². The van der Waals surface area contributed by atoms with Crippen molar-refractivity contribution in [3.8, 4) is 0 Å². The molecule has 0 aromatic heterocycles. The monoisotopic (exact) mass is 380 g/mol. The van der Waals surface area contributed by atoms with Crippen molar-refractivity contribution in [1.82, 2.24) is 15.4 Å². The summed E-state index contributed by atoms with van der Waals surface area (Å²) >= 11 is 0. The molecule has 0 amide bonds. The Bertz CT molecular complexity index is 717. The average molecular weight is 381 g/mol. The van der Waals surface area contributed by atoms with E-state index in [0.29, 0.717) is 18.2 Å². The first-order chi connectivity index (χ1) is 12.2. The smallest absolute Gasteiger partial charge is 0.241 e. The molecular weight excluding hydrogens is 348 g/mol. The van der Waals surface area contributed by atoms with Crippen molar-refractivity contribution < 1.29 is 8.42 Å². The van der Waals surface area contributed by atoms with Gasteiger partial charge in [0.1, 0.15) is 0 Å². The zero-order valence-corrected chi connectivity index (χ0v) is 17.1. The highest BCUT2D eigenvalue weighted by atomic mass is 32.2. The van der Waals surface area contributed by atoms with Gasteiger partial charge in [-0.1, -0.05) is 31.0 Å². The van der Waals surface area contributed by atoms with Crippen LogP contribution in [0.2, 0.25) is 0 Å². The van der Waals surface area contributed by atoms with E-state index < -0.39 is 15.6 Å². The van der Waals surface area contributed by atoms with Gasteiger partial charge in [0.05, 0.1) is 11.4 Å². The van der Waals surface area contributed by atoms with E-state index in [-0.39, 0.29) is 4.90 Å². The Morgan fingerprint density at radius 1 is 1.19 bits per heavy atom. The minimum absolute atomic E-state index is 0.287. The highest BCUT2D eigenvalue weighted by Crippen LogP contribution is 2.19. The molecule has 1 aliphatic rings. The third kappa shape index (κ3) is 6.29. The highest BCUT2D eigenvalue weighted by Gasteiger charge is 2.24. The molecule has 0 aliphatic heterocycles. The maximum atomic E-state index is 12.7. The van der Waals surface area contributed by atoms with Crippen molar-refractivity contribution in [2.75, 3.05) is 6.54 Å². The van der Waals surface area contributed by atoms with E-state index in [1.165, 1.54) is 12.8 Å². The summed E-state index contributed by atoms with van der Waals surface area (Å²) in [4.78, 5) is 4.91. The lowest BCUT2D eigenvalue weighted by atomic mass is 10.1. The van der Waals surface area contributed by atoms with Gasteiger partial charge in [-0.15, -0.1) is 0 Å². The molecule has 3 N–H and O–H groups in total. The second-order valence-electron chi connectivity index (χ2n) is 7.78. The van der Waals surface area contributed by atoms with Gasteiger partial charge >= 0.3 is 0 Å². The van der Waals surface area contributed by atoms with Crippen LogP contribution in [-0.4, -0.2) is 32.5 Å². The first-order valence-electron chi connectivity index (χ1n) is 9.38. The summed E-state index contributed by atoms with van der Waals surface area (Å²) in [5.41, 5.74) is 0.154. The van der Waals surface area contributed by atoms with Gasteiger partial charge in [-0.05, 0) is 52.2 Å². The molecule has 0 unspecified atom stereocenters. The second-order valence-corrected chi connectivity index (χ2v) is 9.43. The van der Waals surface area contributed by atoms with E-state index in [1.807, 2.05) is 39.8 Å². The van der Waals surface area contributed by atoms with Crippen LogP contribution < -0.4 is 15.4 Å². The Morgan fingerprint density at radius 2 is 1.85 bits per heavy atom. The molecule has 26 heavy (non-hydrogen) atoms. The number of guanidine groups is 1. The molecule has 1 fully saturated rings. The Labute approximate surface area is 157 Å². The fourth-order valence-electron chi connectivity index (χ4n) is 3.10. The van der Waals surface area contributed by atoms with Crippen molar-refractivity contribution in [1.29, 1.82) is 0 Å². The third-order valence-electron chi connectivity index (χ3n) is 4.15. The quantitative estimate of drug-likeness (QED) is 0.523. The highest BCUT2D eigenvalue weighted by molar-refractivity contribution is 7.89. The summed E-state index contributed by atoms with van der Waals surface area (Å²) in [6, 6.07) is 7.50.